The molecule has 4 nitrogen and oxygen atoms in total. The molecule has 0 aromatic carbocycles. The van der Waals surface area contributed by atoms with Gasteiger partial charge in [0.05, 0.1) is 6.04 Å². The summed E-state index contributed by atoms with van der Waals surface area (Å²) < 4.78 is 0. The number of H-pyrrole nitrogens is 1. The van der Waals surface area contributed by atoms with Gasteiger partial charge in [-0.15, -0.1) is 0 Å². The first-order chi connectivity index (χ1) is 7.40. The van der Waals surface area contributed by atoms with Crippen LogP contribution < -0.4 is 5.32 Å². The van der Waals surface area contributed by atoms with E-state index in [1.807, 2.05) is 0 Å². The molecular formula is C11H20N4. The topological polar surface area (TPSA) is 53.6 Å². The van der Waals surface area contributed by atoms with E-state index in [2.05, 4.69) is 27.4 Å². The summed E-state index contributed by atoms with van der Waals surface area (Å²) >= 11 is 0. The van der Waals surface area contributed by atoms with E-state index in [0.717, 1.165) is 18.3 Å². The quantitative estimate of drug-likeness (QED) is 0.778. The average Bonchev–Trinajstić information content (AvgIpc) is 2.89. The molecule has 1 aromatic heterocycles. The van der Waals surface area contributed by atoms with Crippen LogP contribution in [0.3, 0.4) is 0 Å². The van der Waals surface area contributed by atoms with Gasteiger partial charge in [-0.05, 0) is 18.9 Å². The number of nitrogens with one attached hydrogen (secondary N) is 2. The summed E-state index contributed by atoms with van der Waals surface area (Å²) in [7, 11) is 0. The Morgan fingerprint density at radius 2 is 2.33 bits per heavy atom. The average molecular weight is 208 g/mol. The lowest BCUT2D eigenvalue weighted by Gasteiger charge is -2.18. The summed E-state index contributed by atoms with van der Waals surface area (Å²) in [4.78, 5) is 4.25. The van der Waals surface area contributed by atoms with Gasteiger partial charge in [-0.3, -0.25) is 5.10 Å². The third-order valence-electron chi connectivity index (χ3n) is 3.26. The molecule has 2 N–H and O–H groups in total. The summed E-state index contributed by atoms with van der Waals surface area (Å²) in [6, 6.07) is 0.362. The number of rotatable bonds is 5. The number of nitrogens with zero attached hydrogens (tertiary/aromatic N) is 2. The van der Waals surface area contributed by atoms with Crippen molar-refractivity contribution >= 4 is 0 Å². The van der Waals surface area contributed by atoms with Crippen molar-refractivity contribution in [2.75, 3.05) is 6.54 Å². The summed E-state index contributed by atoms with van der Waals surface area (Å²) in [5.74, 6) is 1.86. The van der Waals surface area contributed by atoms with Crippen LogP contribution in [0.4, 0.5) is 0 Å². The van der Waals surface area contributed by atoms with E-state index in [1.54, 1.807) is 6.33 Å². The molecule has 0 amide bonds. The third kappa shape index (κ3) is 2.78. The number of hydrogen-bond donors (Lipinski definition) is 2. The van der Waals surface area contributed by atoms with Crippen LogP contribution in [-0.2, 0) is 0 Å². The smallest absolute Gasteiger partial charge is 0.141 e. The standard InChI is InChI=1S/C11H20N4/c1-2-12-10(11-13-8-14-15-11)7-9-5-3-4-6-9/h8-10,12H,2-7H2,1H3,(H,13,14,15). The second kappa shape index (κ2) is 5.26. The van der Waals surface area contributed by atoms with Crippen LogP contribution in [0.5, 0.6) is 0 Å². The van der Waals surface area contributed by atoms with E-state index in [1.165, 1.54) is 32.1 Å². The van der Waals surface area contributed by atoms with Gasteiger partial charge in [0, 0.05) is 0 Å². The van der Waals surface area contributed by atoms with Crippen LogP contribution in [-0.4, -0.2) is 21.7 Å². The Labute approximate surface area is 90.9 Å². The fraction of sp³-hybridized carbons (Fsp3) is 0.818. The predicted octanol–water partition coefficient (Wildman–Crippen LogP) is 2.04. The highest BCUT2D eigenvalue weighted by Crippen LogP contribution is 2.31. The summed E-state index contributed by atoms with van der Waals surface area (Å²) in [6.45, 7) is 3.12. The molecule has 1 atom stereocenters. The fourth-order valence-electron chi connectivity index (χ4n) is 2.50. The molecule has 1 aliphatic carbocycles. The molecule has 0 bridgehead atoms. The third-order valence-corrected chi connectivity index (χ3v) is 3.26. The predicted molar refractivity (Wildman–Crippen MR) is 59.4 cm³/mol. The first kappa shape index (κ1) is 10.6. The van der Waals surface area contributed by atoms with Crippen molar-refractivity contribution in [2.24, 2.45) is 5.92 Å². The molecule has 1 heterocycles. The van der Waals surface area contributed by atoms with Gasteiger partial charge in [0.15, 0.2) is 0 Å². The Bertz CT molecular complexity index is 264. The van der Waals surface area contributed by atoms with Gasteiger partial charge in [-0.2, -0.15) is 5.10 Å². The second-order valence-corrected chi connectivity index (χ2v) is 4.37. The number of aromatic nitrogens is 3. The SMILES string of the molecule is CCNC(CC1CCCC1)c1ncn[nH]1. The van der Waals surface area contributed by atoms with Crippen LogP contribution in [0, 0.1) is 5.92 Å². The van der Waals surface area contributed by atoms with Crippen molar-refractivity contribution in [2.45, 2.75) is 45.1 Å². The van der Waals surface area contributed by atoms with E-state index >= 15 is 0 Å². The van der Waals surface area contributed by atoms with E-state index in [0.29, 0.717) is 6.04 Å². The molecule has 1 fully saturated rings. The van der Waals surface area contributed by atoms with Gasteiger partial charge in [-0.1, -0.05) is 32.6 Å². The van der Waals surface area contributed by atoms with Crippen LogP contribution in [0.25, 0.3) is 0 Å². The van der Waals surface area contributed by atoms with Crippen molar-refractivity contribution < 1.29 is 0 Å². The summed E-state index contributed by atoms with van der Waals surface area (Å²) in [5.41, 5.74) is 0. The van der Waals surface area contributed by atoms with Crippen LogP contribution in [0.15, 0.2) is 6.33 Å². The lowest BCUT2D eigenvalue weighted by Crippen LogP contribution is -2.24. The first-order valence-electron chi connectivity index (χ1n) is 5.98. The molecule has 0 spiro atoms. The van der Waals surface area contributed by atoms with Crippen molar-refractivity contribution in [1.82, 2.24) is 20.5 Å². The van der Waals surface area contributed by atoms with E-state index in [-0.39, 0.29) is 0 Å². The molecule has 2 rings (SSSR count). The first-order valence-corrected chi connectivity index (χ1v) is 5.98. The summed E-state index contributed by atoms with van der Waals surface area (Å²) in [5, 5.41) is 10.4. The van der Waals surface area contributed by atoms with Gasteiger partial charge >= 0.3 is 0 Å². The normalized spacial score (nSPS) is 19.5. The van der Waals surface area contributed by atoms with Gasteiger partial charge in [-0.25, -0.2) is 4.98 Å². The molecule has 1 saturated carbocycles. The highest BCUT2D eigenvalue weighted by atomic mass is 15.2. The summed E-state index contributed by atoms with van der Waals surface area (Å²) in [6.07, 6.45) is 8.36. The highest BCUT2D eigenvalue weighted by Gasteiger charge is 2.22. The van der Waals surface area contributed by atoms with Crippen LogP contribution in [0.1, 0.15) is 50.9 Å². The Hall–Kier alpha value is -0.900. The maximum absolute atomic E-state index is 4.25. The van der Waals surface area contributed by atoms with Crippen LogP contribution in [0.2, 0.25) is 0 Å². The maximum atomic E-state index is 4.25. The van der Waals surface area contributed by atoms with E-state index in [9.17, 15) is 0 Å². The van der Waals surface area contributed by atoms with Gasteiger partial charge < -0.3 is 5.32 Å². The number of hydrogen-bond acceptors (Lipinski definition) is 3. The largest absolute Gasteiger partial charge is 0.308 e. The zero-order valence-corrected chi connectivity index (χ0v) is 9.37. The molecule has 0 saturated heterocycles. The lowest BCUT2D eigenvalue weighted by atomic mass is 9.98. The van der Waals surface area contributed by atoms with Gasteiger partial charge in [0.25, 0.3) is 0 Å². The molecule has 1 unspecified atom stereocenters. The minimum absolute atomic E-state index is 0.362. The minimum Gasteiger partial charge on any atom is -0.308 e. The second-order valence-electron chi connectivity index (χ2n) is 4.37. The fourth-order valence-corrected chi connectivity index (χ4v) is 2.50. The van der Waals surface area contributed by atoms with E-state index < -0.39 is 0 Å². The van der Waals surface area contributed by atoms with Crippen LogP contribution >= 0.6 is 0 Å². The molecule has 84 valence electrons. The molecule has 1 aromatic rings. The Kier molecular flexibility index (Phi) is 3.72. The van der Waals surface area contributed by atoms with E-state index in [4.69, 9.17) is 0 Å². The Balaban J connectivity index is 1.93. The molecule has 1 aliphatic rings. The van der Waals surface area contributed by atoms with Crippen molar-refractivity contribution in [3.63, 3.8) is 0 Å². The Morgan fingerprint density at radius 1 is 1.53 bits per heavy atom. The molecule has 15 heavy (non-hydrogen) atoms. The molecule has 0 aliphatic heterocycles. The van der Waals surface area contributed by atoms with Crippen molar-refractivity contribution in [3.05, 3.63) is 12.2 Å². The highest BCUT2D eigenvalue weighted by molar-refractivity contribution is 4.92. The number of aromatic amines is 1. The van der Waals surface area contributed by atoms with Crippen molar-refractivity contribution in [3.8, 4) is 0 Å². The lowest BCUT2D eigenvalue weighted by molar-refractivity contribution is 0.389. The minimum atomic E-state index is 0.362. The van der Waals surface area contributed by atoms with Gasteiger partial charge in [0.2, 0.25) is 0 Å². The monoisotopic (exact) mass is 208 g/mol. The molecule has 0 radical (unpaired) electrons. The van der Waals surface area contributed by atoms with Gasteiger partial charge in [0.1, 0.15) is 12.2 Å². The van der Waals surface area contributed by atoms with Crippen molar-refractivity contribution in [1.29, 1.82) is 0 Å². The molecular weight excluding hydrogens is 188 g/mol. The zero-order chi connectivity index (χ0) is 10.5. The maximum Gasteiger partial charge on any atom is 0.141 e. The Morgan fingerprint density at radius 3 is 2.93 bits per heavy atom. The zero-order valence-electron chi connectivity index (χ0n) is 9.37. The molecule has 4 heteroatoms.